The molecule has 0 unspecified atom stereocenters. The lowest BCUT2D eigenvalue weighted by molar-refractivity contribution is 0.666. The van der Waals surface area contributed by atoms with Crippen LogP contribution in [0.25, 0.3) is 10.9 Å². The van der Waals surface area contributed by atoms with E-state index in [1.165, 1.54) is 23.8 Å². The fourth-order valence-corrected chi connectivity index (χ4v) is 3.87. The number of aromatic nitrogens is 2. The summed E-state index contributed by atoms with van der Waals surface area (Å²) in [6, 6.07) is 12.1. The summed E-state index contributed by atoms with van der Waals surface area (Å²) in [4.78, 5) is 11.6. The van der Waals surface area contributed by atoms with Gasteiger partial charge in [-0.25, -0.2) is 14.4 Å². The number of fused-ring (bicyclic) bond motifs is 2. The minimum Gasteiger partial charge on any atom is -0.325 e. The molecule has 0 spiro atoms. The van der Waals surface area contributed by atoms with Crippen LogP contribution in [0, 0.1) is 6.92 Å². The van der Waals surface area contributed by atoms with Crippen molar-refractivity contribution in [1.29, 1.82) is 0 Å². The van der Waals surface area contributed by atoms with Crippen molar-refractivity contribution >= 4 is 34.0 Å². The SMILES string of the molecule is C=C/C=C(F)\C=C/Cc1ccc2c(N3CCc4cc(Cl)ccc43)nc(C)nc2c1. The third kappa shape index (κ3) is 4.08. The highest BCUT2D eigenvalue weighted by Gasteiger charge is 2.23. The van der Waals surface area contributed by atoms with Crippen LogP contribution < -0.4 is 4.90 Å². The molecule has 1 aliphatic rings. The maximum absolute atomic E-state index is 13.5. The lowest BCUT2D eigenvalue weighted by atomic mass is 10.1. The Balaban J connectivity index is 1.69. The molecule has 3 nitrogen and oxygen atoms in total. The van der Waals surface area contributed by atoms with Crippen LogP contribution in [0.5, 0.6) is 0 Å². The first-order valence-electron chi connectivity index (χ1n) is 9.53. The van der Waals surface area contributed by atoms with Gasteiger partial charge < -0.3 is 4.90 Å². The topological polar surface area (TPSA) is 29.0 Å². The summed E-state index contributed by atoms with van der Waals surface area (Å²) in [5.74, 6) is 1.33. The van der Waals surface area contributed by atoms with E-state index in [1.807, 2.05) is 31.2 Å². The van der Waals surface area contributed by atoms with E-state index in [2.05, 4.69) is 28.6 Å². The summed E-state index contributed by atoms with van der Waals surface area (Å²) in [6.45, 7) is 6.26. The minimum absolute atomic E-state index is 0.311. The number of benzene rings is 2. The molecule has 1 aromatic heterocycles. The van der Waals surface area contributed by atoms with Crippen molar-refractivity contribution in [2.75, 3.05) is 11.4 Å². The summed E-state index contributed by atoms with van der Waals surface area (Å²) in [7, 11) is 0. The van der Waals surface area contributed by atoms with Crippen LogP contribution in [0.4, 0.5) is 15.9 Å². The molecule has 0 atom stereocenters. The molecule has 5 heteroatoms. The second-order valence-electron chi connectivity index (χ2n) is 7.01. The highest BCUT2D eigenvalue weighted by Crippen LogP contribution is 2.38. The quantitative estimate of drug-likeness (QED) is 0.458. The smallest absolute Gasteiger partial charge is 0.144 e. The number of halogens is 2. The number of hydrogen-bond donors (Lipinski definition) is 0. The largest absolute Gasteiger partial charge is 0.325 e. The molecular weight excluding hydrogens is 385 g/mol. The molecule has 0 N–H and O–H groups in total. The molecule has 29 heavy (non-hydrogen) atoms. The van der Waals surface area contributed by atoms with E-state index < -0.39 is 0 Å². The van der Waals surface area contributed by atoms with Crippen molar-refractivity contribution in [2.24, 2.45) is 0 Å². The number of hydrogen-bond acceptors (Lipinski definition) is 3. The Labute approximate surface area is 174 Å². The van der Waals surface area contributed by atoms with E-state index in [4.69, 9.17) is 16.6 Å². The minimum atomic E-state index is -0.311. The predicted molar refractivity (Wildman–Crippen MR) is 119 cm³/mol. The fraction of sp³-hybridized carbons (Fsp3) is 0.167. The summed E-state index contributed by atoms with van der Waals surface area (Å²) in [5, 5.41) is 1.76. The summed E-state index contributed by atoms with van der Waals surface area (Å²) >= 11 is 6.15. The van der Waals surface area contributed by atoms with Crippen molar-refractivity contribution in [3.63, 3.8) is 0 Å². The number of anilines is 2. The lowest BCUT2D eigenvalue weighted by Gasteiger charge is -2.21. The summed E-state index contributed by atoms with van der Waals surface area (Å²) in [5.41, 5.74) is 4.34. The zero-order chi connectivity index (χ0) is 20.4. The van der Waals surface area contributed by atoms with Gasteiger partial charge in [-0.05, 0) is 73.4 Å². The molecule has 0 aliphatic carbocycles. The van der Waals surface area contributed by atoms with Crippen molar-refractivity contribution in [3.05, 3.63) is 95.1 Å². The highest BCUT2D eigenvalue weighted by atomic mass is 35.5. The molecule has 146 valence electrons. The Morgan fingerprint density at radius 2 is 2.10 bits per heavy atom. The van der Waals surface area contributed by atoms with Crippen molar-refractivity contribution < 1.29 is 4.39 Å². The zero-order valence-corrected chi connectivity index (χ0v) is 17.0. The van der Waals surface area contributed by atoms with E-state index in [0.29, 0.717) is 6.42 Å². The Morgan fingerprint density at radius 1 is 1.24 bits per heavy atom. The molecule has 3 aromatic rings. The Hall–Kier alpha value is -2.98. The van der Waals surface area contributed by atoms with Crippen LogP contribution in [0.15, 0.2) is 73.1 Å². The average molecular weight is 406 g/mol. The Kier molecular flexibility index (Phi) is 5.45. The molecule has 0 radical (unpaired) electrons. The molecule has 4 rings (SSSR count). The van der Waals surface area contributed by atoms with Gasteiger partial charge in [0.1, 0.15) is 17.5 Å². The molecular formula is C24H21ClFN3. The van der Waals surface area contributed by atoms with E-state index in [-0.39, 0.29) is 5.83 Å². The average Bonchev–Trinajstić information content (AvgIpc) is 3.10. The number of aryl methyl sites for hydroxylation is 1. The third-order valence-corrected chi connectivity index (χ3v) is 5.19. The molecule has 2 aromatic carbocycles. The van der Waals surface area contributed by atoms with E-state index in [9.17, 15) is 4.39 Å². The van der Waals surface area contributed by atoms with Crippen molar-refractivity contribution in [2.45, 2.75) is 19.8 Å². The fourth-order valence-electron chi connectivity index (χ4n) is 3.67. The third-order valence-electron chi connectivity index (χ3n) is 4.95. The Morgan fingerprint density at radius 3 is 2.93 bits per heavy atom. The van der Waals surface area contributed by atoms with Gasteiger partial charge in [0.15, 0.2) is 0 Å². The van der Waals surface area contributed by atoms with Crippen LogP contribution in [0.3, 0.4) is 0 Å². The molecule has 1 aliphatic heterocycles. The second-order valence-corrected chi connectivity index (χ2v) is 7.45. The number of rotatable bonds is 5. The van der Waals surface area contributed by atoms with Gasteiger partial charge in [-0.2, -0.15) is 0 Å². The summed E-state index contributed by atoms with van der Waals surface area (Å²) < 4.78 is 13.5. The molecule has 0 bridgehead atoms. The van der Waals surface area contributed by atoms with E-state index in [1.54, 1.807) is 6.08 Å². The molecule has 0 saturated carbocycles. The van der Waals surface area contributed by atoms with Crippen LogP contribution >= 0.6 is 11.6 Å². The maximum atomic E-state index is 13.5. The van der Waals surface area contributed by atoms with Gasteiger partial charge in [-0.15, -0.1) is 0 Å². The maximum Gasteiger partial charge on any atom is 0.144 e. The monoisotopic (exact) mass is 405 g/mol. The highest BCUT2D eigenvalue weighted by molar-refractivity contribution is 6.30. The lowest BCUT2D eigenvalue weighted by Crippen LogP contribution is -2.16. The van der Waals surface area contributed by atoms with Gasteiger partial charge >= 0.3 is 0 Å². The second kappa shape index (κ2) is 8.18. The predicted octanol–water partition coefficient (Wildman–Crippen LogP) is 6.42. The first-order valence-corrected chi connectivity index (χ1v) is 9.91. The van der Waals surface area contributed by atoms with Crippen LogP contribution in [0.1, 0.15) is 17.0 Å². The number of allylic oxidation sites excluding steroid dienone is 5. The Bertz CT molecular complexity index is 1150. The standard InChI is InChI=1S/C24H21ClFN3/c1-3-5-20(26)7-4-6-17-8-10-21-22(14-17)27-16(2)28-24(21)29-13-12-18-15-19(25)9-11-23(18)29/h3-5,7-11,14-15H,1,6,12-13H2,2H3/b7-4-,20-5+. The van der Waals surface area contributed by atoms with Crippen LogP contribution in [0.2, 0.25) is 5.02 Å². The van der Waals surface area contributed by atoms with Gasteiger partial charge in [0.25, 0.3) is 0 Å². The van der Waals surface area contributed by atoms with E-state index in [0.717, 1.165) is 51.8 Å². The zero-order valence-electron chi connectivity index (χ0n) is 16.2. The van der Waals surface area contributed by atoms with Gasteiger partial charge in [0.2, 0.25) is 0 Å². The first-order chi connectivity index (χ1) is 14.0. The molecule has 0 amide bonds. The van der Waals surface area contributed by atoms with Gasteiger partial charge in [-0.1, -0.05) is 36.4 Å². The normalized spacial score (nSPS) is 14.0. The van der Waals surface area contributed by atoms with Crippen LogP contribution in [-0.2, 0) is 12.8 Å². The van der Waals surface area contributed by atoms with E-state index >= 15 is 0 Å². The molecule has 0 fully saturated rings. The van der Waals surface area contributed by atoms with Gasteiger partial charge in [-0.3, -0.25) is 0 Å². The number of nitrogens with zero attached hydrogens (tertiary/aromatic N) is 3. The van der Waals surface area contributed by atoms with Gasteiger partial charge in [0, 0.05) is 22.6 Å². The molecule has 0 saturated heterocycles. The van der Waals surface area contributed by atoms with Crippen molar-refractivity contribution in [3.8, 4) is 0 Å². The first kappa shape index (κ1) is 19.3. The van der Waals surface area contributed by atoms with Gasteiger partial charge in [0.05, 0.1) is 5.52 Å². The van der Waals surface area contributed by atoms with Crippen LogP contribution in [-0.4, -0.2) is 16.5 Å². The summed E-state index contributed by atoms with van der Waals surface area (Å²) in [6.07, 6.45) is 7.58. The van der Waals surface area contributed by atoms with Crippen molar-refractivity contribution in [1.82, 2.24) is 9.97 Å². The molecule has 2 heterocycles.